The Morgan fingerprint density at radius 1 is 1.03 bits per heavy atom. The van der Waals surface area contributed by atoms with E-state index >= 15 is 0 Å². The number of carbonyl (C=O) groups is 3. The number of aryl methyl sites for hydroxylation is 1. The second kappa shape index (κ2) is 7.50. The van der Waals surface area contributed by atoms with Crippen LogP contribution in [0.2, 0.25) is 0 Å². The molecule has 1 spiro atoms. The van der Waals surface area contributed by atoms with Crippen molar-refractivity contribution in [1.82, 2.24) is 15.4 Å². The van der Waals surface area contributed by atoms with E-state index in [4.69, 9.17) is 0 Å². The van der Waals surface area contributed by atoms with Crippen LogP contribution in [0.3, 0.4) is 0 Å². The number of para-hydroxylation sites is 1. The summed E-state index contributed by atoms with van der Waals surface area (Å²) < 4.78 is 0. The fourth-order valence-corrected chi connectivity index (χ4v) is 5.99. The summed E-state index contributed by atoms with van der Waals surface area (Å²) in [6.07, 6.45) is 0. The van der Waals surface area contributed by atoms with Gasteiger partial charge in [0.1, 0.15) is 5.69 Å². The van der Waals surface area contributed by atoms with Gasteiger partial charge in [-0.05, 0) is 30.7 Å². The first-order valence-corrected chi connectivity index (χ1v) is 11.8. The average Bonchev–Trinajstić information content (AvgIpc) is 3.47. The van der Waals surface area contributed by atoms with E-state index in [-0.39, 0.29) is 17.6 Å². The molecule has 0 saturated carbocycles. The summed E-state index contributed by atoms with van der Waals surface area (Å²) in [6.45, 7) is 2.00. The number of carbonyl (C=O) groups excluding carboxylic acids is 3. The number of rotatable bonds is 3. The molecule has 7 nitrogen and oxygen atoms in total. The predicted molar refractivity (Wildman–Crippen MR) is 132 cm³/mol. The molecule has 1 aromatic heterocycles. The van der Waals surface area contributed by atoms with E-state index in [1.807, 2.05) is 67.6 Å². The smallest absolute Gasteiger partial charge is 0.287 e. The summed E-state index contributed by atoms with van der Waals surface area (Å²) in [5.41, 5.74) is 7.91. The normalized spacial score (nSPS) is 19.0. The van der Waals surface area contributed by atoms with Crippen molar-refractivity contribution in [1.29, 1.82) is 0 Å². The van der Waals surface area contributed by atoms with Gasteiger partial charge in [-0.1, -0.05) is 60.2 Å². The first kappa shape index (κ1) is 20.6. The SMILES string of the molecule is Cc1ccc2[nH]c(C(=O)NN3C(=O)CSC34C(=O)Nc3ccccc34)c(-c3ccccc3)c2c1. The largest absolute Gasteiger partial charge is 0.350 e. The van der Waals surface area contributed by atoms with E-state index in [9.17, 15) is 14.4 Å². The molecule has 1 unspecified atom stereocenters. The molecule has 0 aliphatic carbocycles. The minimum atomic E-state index is -1.33. The van der Waals surface area contributed by atoms with Crippen molar-refractivity contribution in [3.8, 4) is 11.1 Å². The van der Waals surface area contributed by atoms with Gasteiger partial charge in [0.2, 0.25) is 4.87 Å². The Hall–Kier alpha value is -4.04. The Morgan fingerprint density at radius 3 is 2.62 bits per heavy atom. The van der Waals surface area contributed by atoms with Gasteiger partial charge in [-0.15, -0.1) is 11.8 Å². The fourth-order valence-electron chi connectivity index (χ4n) is 4.73. The van der Waals surface area contributed by atoms with Gasteiger partial charge in [0.05, 0.1) is 5.75 Å². The minimum Gasteiger partial charge on any atom is -0.350 e. The van der Waals surface area contributed by atoms with Gasteiger partial charge < -0.3 is 10.3 Å². The molecular weight excluding hydrogens is 448 g/mol. The Morgan fingerprint density at radius 2 is 1.79 bits per heavy atom. The number of aromatic nitrogens is 1. The standard InChI is InChI=1S/C26H20N4O3S/c1-15-11-12-19-17(13-15)22(16-7-3-2-4-8-16)23(27-19)24(32)29-30-21(31)14-34-26(30)18-9-5-6-10-20(18)28-25(26)33/h2-13,27H,14H2,1H3,(H,28,33)(H,29,32). The van der Waals surface area contributed by atoms with Gasteiger partial charge in [-0.25, -0.2) is 5.01 Å². The number of benzene rings is 3. The quantitative estimate of drug-likeness (QED) is 0.421. The second-order valence-corrected chi connectivity index (χ2v) is 9.56. The lowest BCUT2D eigenvalue weighted by Crippen LogP contribution is -2.55. The molecule has 0 radical (unpaired) electrons. The van der Waals surface area contributed by atoms with Crippen LogP contribution in [-0.4, -0.2) is 33.5 Å². The molecule has 1 atom stereocenters. The van der Waals surface area contributed by atoms with Crippen LogP contribution in [-0.2, 0) is 14.5 Å². The maximum absolute atomic E-state index is 13.7. The predicted octanol–water partition coefficient (Wildman–Crippen LogP) is 4.17. The lowest BCUT2D eigenvalue weighted by molar-refractivity contribution is -0.139. The second-order valence-electron chi connectivity index (χ2n) is 8.39. The van der Waals surface area contributed by atoms with Gasteiger partial charge in [0.25, 0.3) is 17.7 Å². The van der Waals surface area contributed by atoms with Crippen molar-refractivity contribution in [3.05, 3.63) is 89.6 Å². The number of H-pyrrole nitrogens is 1. The number of hydrogen-bond acceptors (Lipinski definition) is 4. The van der Waals surface area contributed by atoms with E-state index in [0.717, 1.165) is 27.6 Å². The van der Waals surface area contributed by atoms with Gasteiger partial charge in [0.15, 0.2) is 0 Å². The summed E-state index contributed by atoms with van der Waals surface area (Å²) >= 11 is 1.20. The summed E-state index contributed by atoms with van der Waals surface area (Å²) in [6, 6.07) is 22.8. The number of nitrogens with zero attached hydrogens (tertiary/aromatic N) is 1. The maximum atomic E-state index is 13.7. The molecule has 168 valence electrons. The third-order valence-electron chi connectivity index (χ3n) is 6.27. The molecule has 8 heteroatoms. The Balaban J connectivity index is 1.46. The molecule has 2 aliphatic heterocycles. The van der Waals surface area contributed by atoms with Crippen LogP contribution in [0.5, 0.6) is 0 Å². The zero-order chi connectivity index (χ0) is 23.4. The summed E-state index contributed by atoms with van der Waals surface area (Å²) in [5, 5.41) is 4.95. The summed E-state index contributed by atoms with van der Waals surface area (Å²) in [5.74, 6) is -1.08. The summed E-state index contributed by atoms with van der Waals surface area (Å²) in [4.78, 5) is 41.6. The zero-order valence-corrected chi connectivity index (χ0v) is 19.0. The molecule has 6 rings (SSSR count). The fraction of sp³-hybridized carbons (Fsp3) is 0.115. The van der Waals surface area contributed by atoms with Crippen LogP contribution in [0, 0.1) is 6.92 Å². The number of fused-ring (bicyclic) bond motifs is 3. The van der Waals surface area contributed by atoms with Crippen LogP contribution < -0.4 is 10.7 Å². The average molecular weight is 469 g/mol. The van der Waals surface area contributed by atoms with Crippen LogP contribution >= 0.6 is 11.8 Å². The third kappa shape index (κ3) is 2.88. The molecule has 3 aromatic carbocycles. The van der Waals surface area contributed by atoms with Crippen molar-refractivity contribution < 1.29 is 14.4 Å². The highest BCUT2D eigenvalue weighted by Gasteiger charge is 2.59. The van der Waals surface area contributed by atoms with E-state index in [2.05, 4.69) is 15.7 Å². The van der Waals surface area contributed by atoms with Crippen LogP contribution in [0.4, 0.5) is 5.69 Å². The number of nitrogens with one attached hydrogen (secondary N) is 3. The van der Waals surface area contributed by atoms with E-state index < -0.39 is 10.8 Å². The lowest BCUT2D eigenvalue weighted by atomic mass is 10.0. The van der Waals surface area contributed by atoms with Crippen LogP contribution in [0.25, 0.3) is 22.0 Å². The third-order valence-corrected chi connectivity index (χ3v) is 7.67. The first-order valence-electron chi connectivity index (χ1n) is 10.9. The molecule has 2 aliphatic rings. The molecule has 34 heavy (non-hydrogen) atoms. The van der Waals surface area contributed by atoms with Gasteiger partial charge in [-0.3, -0.25) is 19.8 Å². The molecule has 3 heterocycles. The molecule has 1 fully saturated rings. The number of amides is 3. The Kier molecular flexibility index (Phi) is 4.53. The molecule has 1 saturated heterocycles. The van der Waals surface area contributed by atoms with E-state index in [0.29, 0.717) is 16.9 Å². The Bertz CT molecular complexity index is 1500. The van der Waals surface area contributed by atoms with E-state index in [1.54, 1.807) is 12.1 Å². The topological polar surface area (TPSA) is 94.3 Å². The minimum absolute atomic E-state index is 0.0828. The Labute approximate surface area is 199 Å². The lowest BCUT2D eigenvalue weighted by Gasteiger charge is -2.32. The molecule has 3 N–H and O–H groups in total. The highest BCUT2D eigenvalue weighted by Crippen LogP contribution is 2.51. The zero-order valence-electron chi connectivity index (χ0n) is 18.2. The molecular formula is C26H20N4O3S. The van der Waals surface area contributed by atoms with Crippen molar-refractivity contribution in [2.75, 3.05) is 11.1 Å². The van der Waals surface area contributed by atoms with Gasteiger partial charge in [0, 0.05) is 27.7 Å². The highest BCUT2D eigenvalue weighted by molar-refractivity contribution is 8.02. The number of anilines is 1. The first-order chi connectivity index (χ1) is 16.5. The molecule has 0 bridgehead atoms. The van der Waals surface area contributed by atoms with Crippen molar-refractivity contribution in [2.24, 2.45) is 0 Å². The van der Waals surface area contributed by atoms with Gasteiger partial charge >= 0.3 is 0 Å². The number of aromatic amines is 1. The number of hydrogen-bond donors (Lipinski definition) is 3. The molecule has 4 aromatic rings. The highest BCUT2D eigenvalue weighted by atomic mass is 32.2. The maximum Gasteiger partial charge on any atom is 0.287 e. The monoisotopic (exact) mass is 468 g/mol. The molecule has 3 amide bonds. The van der Waals surface area contributed by atoms with Gasteiger partial charge in [-0.2, -0.15) is 0 Å². The van der Waals surface area contributed by atoms with Crippen LogP contribution in [0.1, 0.15) is 21.6 Å². The van der Waals surface area contributed by atoms with Crippen molar-refractivity contribution in [3.63, 3.8) is 0 Å². The van der Waals surface area contributed by atoms with E-state index in [1.165, 1.54) is 16.8 Å². The van der Waals surface area contributed by atoms with Crippen molar-refractivity contribution >= 4 is 46.1 Å². The van der Waals surface area contributed by atoms with Crippen LogP contribution in [0.15, 0.2) is 72.8 Å². The van der Waals surface area contributed by atoms with Crippen molar-refractivity contribution in [2.45, 2.75) is 11.8 Å². The number of thioether (sulfide) groups is 1. The summed E-state index contributed by atoms with van der Waals surface area (Å²) in [7, 11) is 0. The number of hydrazine groups is 1.